The molecule has 0 saturated carbocycles. The van der Waals surface area contributed by atoms with Gasteiger partial charge in [0.05, 0.1) is 11.6 Å². The van der Waals surface area contributed by atoms with Crippen molar-refractivity contribution in [1.29, 1.82) is 0 Å². The van der Waals surface area contributed by atoms with Crippen LogP contribution in [0.5, 0.6) is 0 Å². The number of pyridine rings is 1. The zero-order chi connectivity index (χ0) is 25.1. The Kier molecular flexibility index (Phi) is 7.07. The predicted octanol–water partition coefficient (Wildman–Crippen LogP) is 7.71. The van der Waals surface area contributed by atoms with Gasteiger partial charge in [0.1, 0.15) is 17.5 Å². The Morgan fingerprint density at radius 2 is 1.75 bits per heavy atom. The van der Waals surface area contributed by atoms with E-state index in [-0.39, 0.29) is 29.7 Å². The van der Waals surface area contributed by atoms with E-state index in [1.165, 1.54) is 17.8 Å². The van der Waals surface area contributed by atoms with E-state index in [9.17, 15) is 9.18 Å². The summed E-state index contributed by atoms with van der Waals surface area (Å²) in [6.45, 7) is 3.90. The molecular formula is C29H22ClFN2O2S. The van der Waals surface area contributed by atoms with Crippen molar-refractivity contribution in [2.24, 2.45) is 0 Å². The molecule has 36 heavy (non-hydrogen) atoms. The van der Waals surface area contributed by atoms with Gasteiger partial charge in [0.2, 0.25) is 0 Å². The number of halogens is 2. The minimum absolute atomic E-state index is 0.0198. The van der Waals surface area contributed by atoms with Gasteiger partial charge in [-0.1, -0.05) is 90.6 Å². The number of hydrogen-bond acceptors (Lipinski definition) is 4. The Balaban J connectivity index is 1.29. The number of carbonyl (C=O) groups is 1. The smallest absolute Gasteiger partial charge is 0.407 e. The molecule has 0 aliphatic heterocycles. The Labute approximate surface area is 218 Å². The predicted molar refractivity (Wildman–Crippen MR) is 142 cm³/mol. The highest BCUT2D eigenvalue weighted by Gasteiger charge is 2.29. The molecular weight excluding hydrogens is 495 g/mol. The van der Waals surface area contributed by atoms with E-state index in [1.54, 1.807) is 18.3 Å². The van der Waals surface area contributed by atoms with Crippen LogP contribution in [0.1, 0.15) is 28.2 Å². The summed E-state index contributed by atoms with van der Waals surface area (Å²) in [7, 11) is 0. The molecule has 0 atom stereocenters. The van der Waals surface area contributed by atoms with Crippen LogP contribution in [0.25, 0.3) is 17.2 Å². The number of aromatic nitrogens is 1. The summed E-state index contributed by atoms with van der Waals surface area (Å²) in [6, 6.07) is 23.1. The van der Waals surface area contributed by atoms with Gasteiger partial charge in [-0.05, 0) is 40.5 Å². The van der Waals surface area contributed by atoms with E-state index in [4.69, 9.17) is 16.3 Å². The van der Waals surface area contributed by atoms with Crippen molar-refractivity contribution in [3.05, 3.63) is 119 Å². The molecule has 1 amide bonds. The molecule has 7 heteroatoms. The van der Waals surface area contributed by atoms with E-state index in [0.29, 0.717) is 9.92 Å². The number of rotatable bonds is 7. The Hall–Kier alpha value is -3.61. The second kappa shape index (κ2) is 10.6. The monoisotopic (exact) mass is 516 g/mol. The molecule has 1 aliphatic carbocycles. The number of ether oxygens (including phenoxy) is 1. The molecule has 4 nitrogen and oxygen atoms in total. The fourth-order valence-electron chi connectivity index (χ4n) is 4.39. The second-order valence-electron chi connectivity index (χ2n) is 8.22. The van der Waals surface area contributed by atoms with E-state index in [2.05, 4.69) is 41.1 Å². The first-order valence-corrected chi connectivity index (χ1v) is 12.6. The molecule has 180 valence electrons. The van der Waals surface area contributed by atoms with Crippen molar-refractivity contribution in [2.75, 3.05) is 6.61 Å². The lowest BCUT2D eigenvalue weighted by Gasteiger charge is -2.16. The highest BCUT2D eigenvalue weighted by molar-refractivity contribution is 7.99. The van der Waals surface area contributed by atoms with Crippen LogP contribution in [0, 0.1) is 5.82 Å². The molecule has 1 heterocycles. The van der Waals surface area contributed by atoms with Crippen molar-refractivity contribution >= 4 is 35.5 Å². The lowest BCUT2D eigenvalue weighted by molar-refractivity contribution is 0.142. The second-order valence-corrected chi connectivity index (χ2v) is 9.66. The first-order chi connectivity index (χ1) is 17.6. The number of carbonyl (C=O) groups excluding carboxylic acids is 1. The van der Waals surface area contributed by atoms with Crippen molar-refractivity contribution in [3.8, 4) is 11.1 Å². The van der Waals surface area contributed by atoms with Crippen LogP contribution in [-0.2, 0) is 11.3 Å². The van der Waals surface area contributed by atoms with Crippen LogP contribution in [0.2, 0.25) is 5.02 Å². The number of amides is 1. The molecule has 3 aromatic carbocycles. The van der Waals surface area contributed by atoms with Crippen molar-refractivity contribution < 1.29 is 13.9 Å². The Morgan fingerprint density at radius 3 is 2.44 bits per heavy atom. The van der Waals surface area contributed by atoms with Gasteiger partial charge in [0, 0.05) is 28.1 Å². The summed E-state index contributed by atoms with van der Waals surface area (Å²) in [5.41, 5.74) is 5.64. The minimum atomic E-state index is -0.628. The lowest BCUT2D eigenvalue weighted by atomic mass is 9.98. The third-order valence-electron chi connectivity index (χ3n) is 6.13. The van der Waals surface area contributed by atoms with E-state index in [0.717, 1.165) is 27.8 Å². The maximum absolute atomic E-state index is 15.0. The van der Waals surface area contributed by atoms with Crippen molar-refractivity contribution in [3.63, 3.8) is 0 Å². The summed E-state index contributed by atoms with van der Waals surface area (Å²) >= 11 is 7.33. The van der Waals surface area contributed by atoms with Crippen LogP contribution >= 0.6 is 23.4 Å². The quantitative estimate of drug-likeness (QED) is 0.273. The number of alkyl carbamates (subject to hydrolysis) is 1. The standard InChI is InChI=1S/C29H22ClFN2O2S/c1-2-18-8-7-15-32-28(18)36-26-14-13-25(30)27(31)23(26)16-33-29(34)35-17-24-21-11-5-3-9-19(21)20-10-4-6-12-22(20)24/h2-15,24H,1,16-17H2,(H,33,34). The van der Waals surface area contributed by atoms with Crippen molar-refractivity contribution in [1.82, 2.24) is 10.3 Å². The average Bonchev–Trinajstić information content (AvgIpc) is 3.23. The van der Waals surface area contributed by atoms with Crippen LogP contribution in [0.3, 0.4) is 0 Å². The van der Waals surface area contributed by atoms with Crippen LogP contribution in [0.15, 0.2) is 95.5 Å². The summed E-state index contributed by atoms with van der Waals surface area (Å²) in [4.78, 5) is 17.6. The summed E-state index contributed by atoms with van der Waals surface area (Å²) in [5, 5.41) is 3.34. The molecule has 1 N–H and O–H groups in total. The Bertz CT molecular complexity index is 1410. The highest BCUT2D eigenvalue weighted by Crippen LogP contribution is 2.44. The third kappa shape index (κ3) is 4.74. The molecule has 4 aromatic rings. The largest absolute Gasteiger partial charge is 0.449 e. The molecule has 1 aliphatic rings. The first-order valence-electron chi connectivity index (χ1n) is 11.4. The van der Waals surface area contributed by atoms with Gasteiger partial charge in [-0.2, -0.15) is 0 Å². The van der Waals surface area contributed by atoms with E-state index < -0.39 is 11.9 Å². The van der Waals surface area contributed by atoms with Crippen molar-refractivity contribution in [2.45, 2.75) is 22.4 Å². The number of nitrogens with one attached hydrogen (secondary N) is 1. The summed E-state index contributed by atoms with van der Waals surface area (Å²) < 4.78 is 20.6. The zero-order valence-corrected chi connectivity index (χ0v) is 20.8. The van der Waals surface area contributed by atoms with Gasteiger partial charge >= 0.3 is 6.09 Å². The van der Waals surface area contributed by atoms with Gasteiger partial charge in [-0.15, -0.1) is 0 Å². The van der Waals surface area contributed by atoms with Gasteiger partial charge in [-0.3, -0.25) is 0 Å². The average molecular weight is 517 g/mol. The summed E-state index contributed by atoms with van der Waals surface area (Å²) in [5.74, 6) is -0.643. The summed E-state index contributed by atoms with van der Waals surface area (Å²) in [6.07, 6.45) is 2.73. The SMILES string of the molecule is C=Cc1cccnc1Sc1ccc(Cl)c(F)c1CNC(=O)OCC1c2ccccc2-c2ccccc21. The highest BCUT2D eigenvalue weighted by atomic mass is 35.5. The molecule has 0 radical (unpaired) electrons. The molecule has 5 rings (SSSR count). The molecule has 0 fully saturated rings. The fourth-order valence-corrected chi connectivity index (χ4v) is 5.58. The van der Waals surface area contributed by atoms with Gasteiger partial charge in [0.15, 0.2) is 0 Å². The van der Waals surface area contributed by atoms with Gasteiger partial charge < -0.3 is 10.1 Å². The number of hydrogen-bond donors (Lipinski definition) is 1. The topological polar surface area (TPSA) is 51.2 Å². The van der Waals surface area contributed by atoms with Gasteiger partial charge in [-0.25, -0.2) is 14.2 Å². The number of benzene rings is 3. The fraction of sp³-hybridized carbons (Fsp3) is 0.103. The number of nitrogens with zero attached hydrogens (tertiary/aromatic N) is 1. The van der Waals surface area contributed by atoms with Crippen LogP contribution < -0.4 is 5.32 Å². The molecule has 0 saturated heterocycles. The van der Waals surface area contributed by atoms with E-state index >= 15 is 0 Å². The lowest BCUT2D eigenvalue weighted by Crippen LogP contribution is -2.26. The van der Waals surface area contributed by atoms with Gasteiger partial charge in [0.25, 0.3) is 0 Å². The van der Waals surface area contributed by atoms with Crippen LogP contribution in [-0.4, -0.2) is 17.7 Å². The normalized spacial score (nSPS) is 12.1. The molecule has 1 aromatic heterocycles. The minimum Gasteiger partial charge on any atom is -0.449 e. The first kappa shape index (κ1) is 24.1. The third-order valence-corrected chi connectivity index (χ3v) is 7.56. The van der Waals surface area contributed by atoms with Crippen LogP contribution in [0.4, 0.5) is 9.18 Å². The van der Waals surface area contributed by atoms with E-state index in [1.807, 2.05) is 36.4 Å². The zero-order valence-electron chi connectivity index (χ0n) is 19.2. The molecule has 0 unspecified atom stereocenters. The maximum atomic E-state index is 15.0. The Morgan fingerprint density at radius 1 is 1.06 bits per heavy atom. The molecule has 0 bridgehead atoms. The number of fused-ring (bicyclic) bond motifs is 3. The molecule has 0 spiro atoms. The maximum Gasteiger partial charge on any atom is 0.407 e.